The molecule has 7 rings (SSSR count). The van der Waals surface area contributed by atoms with Crippen LogP contribution >= 0.6 is 11.8 Å². The van der Waals surface area contributed by atoms with Crippen LogP contribution in [0.4, 0.5) is 28.4 Å². The lowest BCUT2D eigenvalue weighted by molar-refractivity contribution is -0.132. The first-order valence-electron chi connectivity index (χ1n) is 17.1. The third kappa shape index (κ3) is 6.74. The van der Waals surface area contributed by atoms with Crippen LogP contribution in [0.2, 0.25) is 0 Å². The van der Waals surface area contributed by atoms with Crippen molar-refractivity contribution in [3.8, 4) is 17.2 Å². The molecule has 246 valence electrons. The fraction of sp³-hybridized carbons (Fsp3) is 0.136. The minimum Gasteiger partial charge on any atom is -0.477 e. The summed E-state index contributed by atoms with van der Waals surface area (Å²) in [6.45, 7) is 3.12. The molecular weight excluding hydrogens is 635 g/mol. The Labute approximate surface area is 297 Å². The van der Waals surface area contributed by atoms with E-state index in [1.165, 1.54) is 41.8 Å². The van der Waals surface area contributed by atoms with Crippen LogP contribution in [0.3, 0.4) is 0 Å². The van der Waals surface area contributed by atoms with Crippen molar-refractivity contribution in [1.29, 1.82) is 5.26 Å². The Hall–Kier alpha value is -5.77. The summed E-state index contributed by atoms with van der Waals surface area (Å²) in [6.07, 6.45) is 6.07. The summed E-state index contributed by atoms with van der Waals surface area (Å²) in [5, 5.41) is 21.2. The lowest BCUT2D eigenvalue weighted by atomic mass is 10.0. The number of nitriles is 1. The molecule has 0 bridgehead atoms. The zero-order valence-corrected chi connectivity index (χ0v) is 28.7. The van der Waals surface area contributed by atoms with Gasteiger partial charge in [0.1, 0.15) is 11.6 Å². The zero-order chi connectivity index (χ0) is 34.5. The Balaban J connectivity index is 1.24. The third-order valence-corrected chi connectivity index (χ3v) is 10.2. The van der Waals surface area contributed by atoms with Crippen molar-refractivity contribution in [2.24, 2.45) is 0 Å². The van der Waals surface area contributed by atoms with Gasteiger partial charge in [0.05, 0.1) is 17.1 Å². The highest BCUT2D eigenvalue weighted by Gasteiger charge is 2.24. The molecule has 1 aliphatic heterocycles. The highest BCUT2D eigenvalue weighted by molar-refractivity contribution is 7.99. The van der Waals surface area contributed by atoms with Gasteiger partial charge >= 0.3 is 5.97 Å². The smallest absolute Gasteiger partial charge is 0.346 e. The molecular formula is C44H37N3O2S. The molecule has 6 heteroatoms. The highest BCUT2D eigenvalue weighted by Crippen LogP contribution is 2.50. The molecule has 0 atom stereocenters. The fourth-order valence-corrected chi connectivity index (χ4v) is 7.81. The minimum absolute atomic E-state index is 0.278. The van der Waals surface area contributed by atoms with Gasteiger partial charge in [-0.2, -0.15) is 5.26 Å². The molecule has 6 aromatic rings. The molecule has 0 aromatic heterocycles. The van der Waals surface area contributed by atoms with E-state index in [0.717, 1.165) is 56.6 Å². The van der Waals surface area contributed by atoms with Gasteiger partial charge in [0, 0.05) is 33.1 Å². The number of rotatable bonds is 11. The number of unbranched alkanes of at least 4 members (excludes halogenated alkanes) is 3. The second-order valence-corrected chi connectivity index (χ2v) is 13.5. The van der Waals surface area contributed by atoms with Crippen molar-refractivity contribution >= 4 is 63.0 Å². The second kappa shape index (κ2) is 14.8. The molecule has 1 N–H and O–H groups in total. The summed E-state index contributed by atoms with van der Waals surface area (Å²) < 4.78 is 0. The number of benzene rings is 6. The molecule has 0 saturated heterocycles. The van der Waals surface area contributed by atoms with Gasteiger partial charge in [-0.05, 0) is 89.2 Å². The molecule has 0 amide bonds. The summed E-state index contributed by atoms with van der Waals surface area (Å²) in [5.74, 6) is -1.22. The Kier molecular flexibility index (Phi) is 9.68. The number of nitrogens with zero attached hydrogens (tertiary/aromatic N) is 3. The van der Waals surface area contributed by atoms with Crippen molar-refractivity contribution in [3.05, 3.63) is 145 Å². The van der Waals surface area contributed by atoms with Gasteiger partial charge < -0.3 is 14.9 Å². The number of hydrogen-bond acceptors (Lipinski definition) is 5. The largest absolute Gasteiger partial charge is 0.477 e. The SMILES string of the molecule is CCCCCCN1c2ccc(/C=C(/C#N)C(=O)O)cc2Sc2cc(-c3ccc(N(c4ccccc4)c4cccc5ccccc45)cc3)ccc21. The van der Waals surface area contributed by atoms with E-state index in [1.54, 1.807) is 17.8 Å². The number of carboxylic acid groups (broad SMARTS) is 1. The van der Waals surface area contributed by atoms with Gasteiger partial charge in [0.25, 0.3) is 0 Å². The van der Waals surface area contributed by atoms with Gasteiger partial charge in [0.2, 0.25) is 0 Å². The van der Waals surface area contributed by atoms with Gasteiger partial charge in [-0.1, -0.05) is 117 Å². The fourth-order valence-electron chi connectivity index (χ4n) is 6.63. The van der Waals surface area contributed by atoms with Crippen LogP contribution in [0.25, 0.3) is 28.0 Å². The molecule has 1 aliphatic rings. The standard InChI is InChI=1S/C44H37N3O2S/c1-2-3-4-10-26-46-40-24-18-31(27-35(30-45)44(48)49)28-42(40)50-43-29-34(21-25-41(43)46)32-19-22-37(23-20-32)47(36-14-6-5-7-15-36)39-17-11-13-33-12-8-9-16-38(33)39/h5-9,11-25,27-29H,2-4,10,26H2,1H3,(H,48,49)/b35-27-. The monoisotopic (exact) mass is 671 g/mol. The number of carbonyl (C=O) groups is 1. The second-order valence-electron chi connectivity index (χ2n) is 12.4. The molecule has 6 aromatic carbocycles. The Morgan fingerprint density at radius 1 is 0.760 bits per heavy atom. The summed E-state index contributed by atoms with van der Waals surface area (Å²) in [6, 6.07) is 48.7. The maximum Gasteiger partial charge on any atom is 0.346 e. The maximum absolute atomic E-state index is 11.5. The van der Waals surface area contributed by atoms with Crippen LogP contribution in [-0.2, 0) is 4.79 Å². The molecule has 0 fully saturated rings. The first-order chi connectivity index (χ1) is 24.5. The number of carboxylic acids is 1. The molecule has 0 saturated carbocycles. The van der Waals surface area contributed by atoms with Crippen molar-refractivity contribution in [2.75, 3.05) is 16.3 Å². The van der Waals surface area contributed by atoms with Crippen molar-refractivity contribution in [2.45, 2.75) is 42.4 Å². The van der Waals surface area contributed by atoms with Gasteiger partial charge in [-0.3, -0.25) is 0 Å². The Morgan fingerprint density at radius 3 is 2.20 bits per heavy atom. The lowest BCUT2D eigenvalue weighted by Crippen LogP contribution is -2.22. The van der Waals surface area contributed by atoms with E-state index in [2.05, 4.69) is 132 Å². The zero-order valence-electron chi connectivity index (χ0n) is 27.9. The van der Waals surface area contributed by atoms with E-state index in [-0.39, 0.29) is 5.57 Å². The number of aliphatic carboxylic acids is 1. The van der Waals surface area contributed by atoms with E-state index in [4.69, 9.17) is 0 Å². The summed E-state index contributed by atoms with van der Waals surface area (Å²) in [7, 11) is 0. The highest BCUT2D eigenvalue weighted by atomic mass is 32.2. The number of hydrogen-bond donors (Lipinski definition) is 1. The first-order valence-corrected chi connectivity index (χ1v) is 17.9. The Morgan fingerprint density at radius 2 is 1.44 bits per heavy atom. The average Bonchev–Trinajstić information content (AvgIpc) is 3.15. The van der Waals surface area contributed by atoms with Crippen LogP contribution in [-0.4, -0.2) is 17.6 Å². The topological polar surface area (TPSA) is 67.6 Å². The van der Waals surface area contributed by atoms with E-state index < -0.39 is 5.97 Å². The van der Waals surface area contributed by atoms with Crippen LogP contribution < -0.4 is 9.80 Å². The molecule has 0 unspecified atom stereocenters. The predicted molar refractivity (Wildman–Crippen MR) is 207 cm³/mol. The molecule has 0 aliphatic carbocycles. The maximum atomic E-state index is 11.5. The first kappa shape index (κ1) is 32.8. The third-order valence-electron chi connectivity index (χ3n) is 9.12. The number of para-hydroxylation sites is 1. The Bertz CT molecular complexity index is 2230. The molecule has 0 spiro atoms. The summed E-state index contributed by atoms with van der Waals surface area (Å²) in [5.41, 5.74) is 8.26. The quantitative estimate of drug-likeness (QED) is 0.0840. The van der Waals surface area contributed by atoms with Crippen LogP contribution in [0.15, 0.2) is 149 Å². The molecule has 0 radical (unpaired) electrons. The summed E-state index contributed by atoms with van der Waals surface area (Å²) in [4.78, 5) is 18.4. The average molecular weight is 672 g/mol. The van der Waals surface area contributed by atoms with E-state index in [1.807, 2.05) is 18.2 Å². The van der Waals surface area contributed by atoms with Gasteiger partial charge in [-0.15, -0.1) is 0 Å². The van der Waals surface area contributed by atoms with Crippen molar-refractivity contribution in [1.82, 2.24) is 0 Å². The van der Waals surface area contributed by atoms with Gasteiger partial charge in [-0.25, -0.2) is 4.79 Å². The van der Waals surface area contributed by atoms with E-state index in [9.17, 15) is 15.2 Å². The molecule has 50 heavy (non-hydrogen) atoms. The number of anilines is 5. The molecule has 1 heterocycles. The predicted octanol–water partition coefficient (Wildman–Crippen LogP) is 12.2. The van der Waals surface area contributed by atoms with Crippen molar-refractivity contribution < 1.29 is 9.90 Å². The van der Waals surface area contributed by atoms with E-state index >= 15 is 0 Å². The van der Waals surface area contributed by atoms with Crippen molar-refractivity contribution in [3.63, 3.8) is 0 Å². The van der Waals surface area contributed by atoms with E-state index in [0.29, 0.717) is 5.56 Å². The minimum atomic E-state index is -1.22. The lowest BCUT2D eigenvalue weighted by Gasteiger charge is -2.33. The van der Waals surface area contributed by atoms with Crippen LogP contribution in [0.1, 0.15) is 38.2 Å². The molecule has 5 nitrogen and oxygen atoms in total. The normalized spacial score (nSPS) is 12.2. The summed E-state index contributed by atoms with van der Waals surface area (Å²) >= 11 is 1.69. The van der Waals surface area contributed by atoms with Crippen LogP contribution in [0.5, 0.6) is 0 Å². The van der Waals surface area contributed by atoms with Crippen LogP contribution in [0, 0.1) is 11.3 Å². The van der Waals surface area contributed by atoms with Gasteiger partial charge in [0.15, 0.2) is 0 Å². The number of fused-ring (bicyclic) bond motifs is 3.